The summed E-state index contributed by atoms with van der Waals surface area (Å²) in [6.45, 7) is 2.04. The maximum atomic E-state index is 11.3. The van der Waals surface area contributed by atoms with Gasteiger partial charge in [-0.1, -0.05) is 34.5 Å². The zero-order valence-corrected chi connectivity index (χ0v) is 11.7. The SMILES string of the molecule is CCC1Cc2c(Cl)ccc(Br)c2C(C(=O)O)N1. The van der Waals surface area contributed by atoms with Crippen LogP contribution in [0.2, 0.25) is 5.02 Å². The fourth-order valence-corrected chi connectivity index (χ4v) is 3.05. The lowest BCUT2D eigenvalue weighted by molar-refractivity contribution is -0.140. The Morgan fingerprint density at radius 3 is 2.94 bits per heavy atom. The number of carbonyl (C=O) groups is 1. The van der Waals surface area contributed by atoms with Crippen LogP contribution in [0.1, 0.15) is 30.5 Å². The Bertz CT molecular complexity index is 464. The third-order valence-electron chi connectivity index (χ3n) is 3.13. The number of rotatable bonds is 2. The van der Waals surface area contributed by atoms with Gasteiger partial charge in [0.25, 0.3) is 0 Å². The van der Waals surface area contributed by atoms with Crippen molar-refractivity contribution in [1.29, 1.82) is 0 Å². The minimum atomic E-state index is -0.868. The molecule has 2 atom stereocenters. The molecule has 1 aromatic rings. The molecule has 1 aromatic carbocycles. The number of benzene rings is 1. The number of carboxylic acids is 1. The summed E-state index contributed by atoms with van der Waals surface area (Å²) in [5.74, 6) is -0.868. The zero-order chi connectivity index (χ0) is 12.6. The molecular weight excluding hydrogens is 305 g/mol. The molecule has 0 aliphatic carbocycles. The number of halogens is 2. The van der Waals surface area contributed by atoms with E-state index in [-0.39, 0.29) is 6.04 Å². The van der Waals surface area contributed by atoms with Gasteiger partial charge in [-0.2, -0.15) is 0 Å². The molecule has 17 heavy (non-hydrogen) atoms. The third-order valence-corrected chi connectivity index (χ3v) is 4.17. The number of carboxylic acid groups (broad SMARTS) is 1. The molecule has 0 spiro atoms. The third kappa shape index (κ3) is 2.34. The fourth-order valence-electron chi connectivity index (χ4n) is 2.21. The van der Waals surface area contributed by atoms with Gasteiger partial charge in [-0.05, 0) is 36.1 Å². The average molecular weight is 319 g/mol. The number of aliphatic carboxylic acids is 1. The van der Waals surface area contributed by atoms with E-state index in [1.54, 1.807) is 12.1 Å². The van der Waals surface area contributed by atoms with E-state index in [0.29, 0.717) is 5.02 Å². The first-order valence-electron chi connectivity index (χ1n) is 5.50. The van der Waals surface area contributed by atoms with Crippen LogP contribution in [0.5, 0.6) is 0 Å². The molecular formula is C12H13BrClNO2. The quantitative estimate of drug-likeness (QED) is 0.880. The van der Waals surface area contributed by atoms with Crippen LogP contribution in [0.4, 0.5) is 0 Å². The smallest absolute Gasteiger partial charge is 0.325 e. The molecule has 2 unspecified atom stereocenters. The van der Waals surface area contributed by atoms with Crippen LogP contribution in [-0.4, -0.2) is 17.1 Å². The van der Waals surface area contributed by atoms with Gasteiger partial charge in [0.2, 0.25) is 0 Å². The standard InChI is InChI=1S/C12H13BrClNO2/c1-2-6-5-7-9(14)4-3-8(13)10(7)11(15-6)12(16)17/h3-4,6,11,15H,2,5H2,1H3,(H,16,17). The van der Waals surface area contributed by atoms with Crippen LogP contribution < -0.4 is 5.32 Å². The highest BCUT2D eigenvalue weighted by molar-refractivity contribution is 9.10. The summed E-state index contributed by atoms with van der Waals surface area (Å²) in [5, 5.41) is 13.1. The molecule has 3 nitrogen and oxygen atoms in total. The molecule has 0 saturated heterocycles. The first-order valence-corrected chi connectivity index (χ1v) is 6.67. The Balaban J connectivity index is 2.55. The molecule has 92 valence electrons. The first-order chi connectivity index (χ1) is 8.04. The average Bonchev–Trinajstić information content (AvgIpc) is 2.32. The Morgan fingerprint density at radius 2 is 2.35 bits per heavy atom. The van der Waals surface area contributed by atoms with Crippen LogP contribution in [0.3, 0.4) is 0 Å². The molecule has 0 fully saturated rings. The van der Waals surface area contributed by atoms with Crippen molar-refractivity contribution in [2.24, 2.45) is 0 Å². The summed E-state index contributed by atoms with van der Waals surface area (Å²) < 4.78 is 0.798. The van der Waals surface area contributed by atoms with E-state index in [0.717, 1.165) is 28.4 Å². The van der Waals surface area contributed by atoms with Crippen molar-refractivity contribution in [3.05, 3.63) is 32.8 Å². The molecule has 0 bridgehead atoms. The lowest BCUT2D eigenvalue weighted by atomic mass is 9.89. The van der Waals surface area contributed by atoms with Gasteiger partial charge in [-0.15, -0.1) is 0 Å². The van der Waals surface area contributed by atoms with Crippen molar-refractivity contribution >= 4 is 33.5 Å². The van der Waals surface area contributed by atoms with Crippen molar-refractivity contribution in [3.8, 4) is 0 Å². The van der Waals surface area contributed by atoms with Crippen LogP contribution in [0.25, 0.3) is 0 Å². The molecule has 2 N–H and O–H groups in total. The van der Waals surface area contributed by atoms with Crippen LogP contribution in [-0.2, 0) is 11.2 Å². The van der Waals surface area contributed by atoms with Crippen molar-refractivity contribution in [1.82, 2.24) is 5.32 Å². The van der Waals surface area contributed by atoms with E-state index in [4.69, 9.17) is 11.6 Å². The molecule has 1 heterocycles. The minimum absolute atomic E-state index is 0.162. The van der Waals surface area contributed by atoms with Gasteiger partial charge in [0, 0.05) is 15.5 Å². The predicted molar refractivity (Wildman–Crippen MR) is 70.4 cm³/mol. The summed E-state index contributed by atoms with van der Waals surface area (Å²) >= 11 is 9.57. The van der Waals surface area contributed by atoms with Gasteiger partial charge < -0.3 is 5.11 Å². The van der Waals surface area contributed by atoms with Gasteiger partial charge >= 0.3 is 5.97 Å². The maximum Gasteiger partial charge on any atom is 0.325 e. The van der Waals surface area contributed by atoms with Crippen LogP contribution >= 0.6 is 27.5 Å². The summed E-state index contributed by atoms with van der Waals surface area (Å²) in [5.41, 5.74) is 1.70. The second-order valence-electron chi connectivity index (χ2n) is 4.17. The van der Waals surface area contributed by atoms with Crippen molar-refractivity contribution in [2.75, 3.05) is 0 Å². The van der Waals surface area contributed by atoms with E-state index in [1.807, 2.05) is 6.92 Å². The van der Waals surface area contributed by atoms with Gasteiger partial charge in [-0.25, -0.2) is 0 Å². The Hall–Kier alpha value is -0.580. The largest absolute Gasteiger partial charge is 0.480 e. The predicted octanol–water partition coefficient (Wildman–Crippen LogP) is 3.15. The van der Waals surface area contributed by atoms with Crippen LogP contribution in [0.15, 0.2) is 16.6 Å². The van der Waals surface area contributed by atoms with Gasteiger partial charge in [0.05, 0.1) is 0 Å². The number of hydrogen-bond acceptors (Lipinski definition) is 2. The summed E-state index contributed by atoms with van der Waals surface area (Å²) in [4.78, 5) is 11.3. The topological polar surface area (TPSA) is 49.3 Å². The molecule has 1 aliphatic heterocycles. The second-order valence-corrected chi connectivity index (χ2v) is 5.43. The normalized spacial score (nSPS) is 23.2. The summed E-state index contributed by atoms with van der Waals surface area (Å²) in [6, 6.07) is 3.08. The van der Waals surface area contributed by atoms with E-state index < -0.39 is 12.0 Å². The van der Waals surface area contributed by atoms with Crippen molar-refractivity contribution in [3.63, 3.8) is 0 Å². The minimum Gasteiger partial charge on any atom is -0.480 e. The maximum absolute atomic E-state index is 11.3. The van der Waals surface area contributed by atoms with Gasteiger partial charge in [0.15, 0.2) is 0 Å². The lowest BCUT2D eigenvalue weighted by Gasteiger charge is -2.31. The van der Waals surface area contributed by atoms with Crippen LogP contribution in [0, 0.1) is 0 Å². The number of hydrogen-bond donors (Lipinski definition) is 2. The Morgan fingerprint density at radius 1 is 1.65 bits per heavy atom. The fraction of sp³-hybridized carbons (Fsp3) is 0.417. The molecule has 0 radical (unpaired) electrons. The van der Waals surface area contributed by atoms with E-state index in [9.17, 15) is 9.90 Å². The monoisotopic (exact) mass is 317 g/mol. The van der Waals surface area contributed by atoms with Gasteiger partial charge in [0.1, 0.15) is 6.04 Å². The Labute approximate surface area is 113 Å². The van der Waals surface area contributed by atoms with Gasteiger partial charge in [-0.3, -0.25) is 10.1 Å². The highest BCUT2D eigenvalue weighted by Crippen LogP contribution is 2.36. The molecule has 0 amide bonds. The number of fused-ring (bicyclic) bond motifs is 1. The highest BCUT2D eigenvalue weighted by atomic mass is 79.9. The van der Waals surface area contributed by atoms with E-state index in [2.05, 4.69) is 21.2 Å². The lowest BCUT2D eigenvalue weighted by Crippen LogP contribution is -2.42. The Kier molecular flexibility index (Phi) is 3.76. The molecule has 0 saturated carbocycles. The molecule has 1 aliphatic rings. The van der Waals surface area contributed by atoms with E-state index >= 15 is 0 Å². The first kappa shape index (κ1) is 12.9. The van der Waals surface area contributed by atoms with Crippen molar-refractivity contribution in [2.45, 2.75) is 31.8 Å². The summed E-state index contributed by atoms with van der Waals surface area (Å²) in [6.07, 6.45) is 1.65. The number of nitrogens with one attached hydrogen (secondary N) is 1. The molecule has 2 rings (SSSR count). The zero-order valence-electron chi connectivity index (χ0n) is 9.34. The second kappa shape index (κ2) is 4.96. The highest BCUT2D eigenvalue weighted by Gasteiger charge is 2.33. The summed E-state index contributed by atoms with van der Waals surface area (Å²) in [7, 11) is 0. The molecule has 0 aromatic heterocycles. The van der Waals surface area contributed by atoms with E-state index in [1.165, 1.54) is 0 Å². The molecule has 5 heteroatoms. The van der Waals surface area contributed by atoms with Crippen molar-refractivity contribution < 1.29 is 9.90 Å².